The van der Waals surface area contributed by atoms with Crippen molar-refractivity contribution >= 4 is 11.7 Å². The molecule has 30 heavy (non-hydrogen) atoms. The minimum absolute atomic E-state index is 0.00571. The van der Waals surface area contributed by atoms with E-state index in [9.17, 15) is 14.3 Å². The van der Waals surface area contributed by atoms with Crippen molar-refractivity contribution < 1.29 is 23.8 Å². The summed E-state index contributed by atoms with van der Waals surface area (Å²) in [5, 5.41) is 27.3. The molecule has 0 aliphatic rings. The first kappa shape index (κ1) is 22.9. The Labute approximate surface area is 174 Å². The maximum absolute atomic E-state index is 12.1. The van der Waals surface area contributed by atoms with E-state index in [-0.39, 0.29) is 25.8 Å². The van der Waals surface area contributed by atoms with Crippen LogP contribution < -0.4 is 25.4 Å². The van der Waals surface area contributed by atoms with Gasteiger partial charge < -0.3 is 30.5 Å². The number of rotatable bonds is 12. The molecule has 2 rings (SSSR count). The summed E-state index contributed by atoms with van der Waals surface area (Å²) in [6.45, 7) is 0.566. The minimum atomic E-state index is -0.760. The molecule has 160 valence electrons. The lowest BCUT2D eigenvalue weighted by Crippen LogP contribution is -2.38. The Balaban J connectivity index is 1.57. The number of halogens is 1. The van der Waals surface area contributed by atoms with Gasteiger partial charge in [-0.25, -0.2) is 9.18 Å². The molecular formula is C21H25FN4O4. The third-order valence-corrected chi connectivity index (χ3v) is 3.86. The second kappa shape index (κ2) is 13.0. The van der Waals surface area contributed by atoms with Gasteiger partial charge >= 0.3 is 6.03 Å². The fourth-order valence-electron chi connectivity index (χ4n) is 2.43. The number of amides is 2. The second-order valence-electron chi connectivity index (χ2n) is 6.22. The van der Waals surface area contributed by atoms with Crippen LogP contribution in [0.4, 0.5) is 14.9 Å². The van der Waals surface area contributed by atoms with E-state index in [4.69, 9.17) is 14.7 Å². The SMILES string of the molecule is N#Cc1ccccc1OC[C@H](O)CNCCNC(=O)Nc1ccc(OCCF)cc1. The van der Waals surface area contributed by atoms with Gasteiger partial charge in [-0.15, -0.1) is 0 Å². The summed E-state index contributed by atoms with van der Waals surface area (Å²) in [5.74, 6) is 0.959. The molecule has 0 saturated heterocycles. The van der Waals surface area contributed by atoms with Gasteiger partial charge in [0.2, 0.25) is 0 Å². The second-order valence-corrected chi connectivity index (χ2v) is 6.22. The Morgan fingerprint density at radius 1 is 1.13 bits per heavy atom. The topological polar surface area (TPSA) is 116 Å². The van der Waals surface area contributed by atoms with Crippen molar-refractivity contribution in [3.05, 3.63) is 54.1 Å². The van der Waals surface area contributed by atoms with Crippen molar-refractivity contribution in [1.29, 1.82) is 5.26 Å². The van der Waals surface area contributed by atoms with Gasteiger partial charge in [0.05, 0.1) is 5.56 Å². The van der Waals surface area contributed by atoms with Crippen molar-refractivity contribution in [2.75, 3.05) is 44.8 Å². The molecule has 0 heterocycles. The Bertz CT molecular complexity index is 827. The number of nitrogens with one attached hydrogen (secondary N) is 3. The molecule has 2 aromatic rings. The van der Waals surface area contributed by atoms with Crippen molar-refractivity contribution in [3.8, 4) is 17.6 Å². The molecule has 0 spiro atoms. The van der Waals surface area contributed by atoms with Crippen LogP contribution in [0.1, 0.15) is 5.56 Å². The molecule has 0 aliphatic heterocycles. The van der Waals surface area contributed by atoms with Crippen molar-refractivity contribution in [3.63, 3.8) is 0 Å². The lowest BCUT2D eigenvalue weighted by Gasteiger charge is -2.14. The van der Waals surface area contributed by atoms with E-state index < -0.39 is 12.8 Å². The van der Waals surface area contributed by atoms with Gasteiger partial charge in [0.25, 0.3) is 0 Å². The number of nitriles is 1. The van der Waals surface area contributed by atoms with Gasteiger partial charge in [-0.1, -0.05) is 12.1 Å². The lowest BCUT2D eigenvalue weighted by molar-refractivity contribution is 0.106. The number of para-hydroxylation sites is 1. The summed E-state index contributed by atoms with van der Waals surface area (Å²) in [5.41, 5.74) is 0.994. The van der Waals surface area contributed by atoms with Crippen LogP contribution in [0.3, 0.4) is 0 Å². The highest BCUT2D eigenvalue weighted by Crippen LogP contribution is 2.17. The van der Waals surface area contributed by atoms with Crippen LogP contribution in [-0.4, -0.2) is 56.8 Å². The van der Waals surface area contributed by atoms with Crippen molar-refractivity contribution in [2.24, 2.45) is 0 Å². The predicted octanol–water partition coefficient (Wildman–Crippen LogP) is 2.06. The van der Waals surface area contributed by atoms with Crippen LogP contribution in [0, 0.1) is 11.3 Å². The number of aliphatic hydroxyl groups is 1. The molecule has 1 atom stereocenters. The Morgan fingerprint density at radius 3 is 2.63 bits per heavy atom. The third-order valence-electron chi connectivity index (χ3n) is 3.86. The van der Waals surface area contributed by atoms with E-state index in [1.807, 2.05) is 6.07 Å². The van der Waals surface area contributed by atoms with E-state index in [2.05, 4.69) is 16.0 Å². The van der Waals surface area contributed by atoms with Crippen LogP contribution in [0.2, 0.25) is 0 Å². The molecule has 4 N–H and O–H groups in total. The zero-order chi connectivity index (χ0) is 21.6. The Morgan fingerprint density at radius 2 is 1.90 bits per heavy atom. The summed E-state index contributed by atoms with van der Waals surface area (Å²) in [6.07, 6.45) is -0.760. The van der Waals surface area contributed by atoms with E-state index in [0.29, 0.717) is 35.8 Å². The molecular weight excluding hydrogens is 391 g/mol. The number of aliphatic hydroxyl groups excluding tert-OH is 1. The molecule has 2 amide bonds. The van der Waals surface area contributed by atoms with Crippen LogP contribution >= 0.6 is 0 Å². The number of hydrogen-bond donors (Lipinski definition) is 4. The summed E-state index contributed by atoms with van der Waals surface area (Å²) < 4.78 is 22.6. The largest absolute Gasteiger partial charge is 0.491 e. The number of hydrogen-bond acceptors (Lipinski definition) is 6. The smallest absolute Gasteiger partial charge is 0.319 e. The number of carbonyl (C=O) groups is 1. The molecule has 0 saturated carbocycles. The average molecular weight is 416 g/mol. The molecule has 0 radical (unpaired) electrons. The normalized spacial score (nSPS) is 11.2. The summed E-state index contributed by atoms with van der Waals surface area (Å²) >= 11 is 0. The summed E-state index contributed by atoms with van der Waals surface area (Å²) in [7, 11) is 0. The zero-order valence-corrected chi connectivity index (χ0v) is 16.4. The maximum atomic E-state index is 12.1. The maximum Gasteiger partial charge on any atom is 0.319 e. The number of anilines is 1. The highest BCUT2D eigenvalue weighted by Gasteiger charge is 2.08. The van der Waals surface area contributed by atoms with Crippen molar-refractivity contribution in [2.45, 2.75) is 6.10 Å². The number of benzene rings is 2. The number of ether oxygens (including phenoxy) is 2. The number of carbonyl (C=O) groups excluding carboxylic acids is 1. The standard InChI is InChI=1S/C21H25FN4O4/c22-9-12-29-19-7-5-17(6-8-19)26-21(28)25-11-10-24-14-18(27)15-30-20-4-2-1-3-16(20)13-23/h1-8,18,24,27H,9-12,14-15H2,(H2,25,26,28)/t18-/m1/s1. The molecule has 0 bridgehead atoms. The molecule has 8 nitrogen and oxygen atoms in total. The molecule has 0 unspecified atom stereocenters. The van der Waals surface area contributed by atoms with Gasteiger partial charge in [-0.05, 0) is 36.4 Å². The van der Waals surface area contributed by atoms with E-state index in [0.717, 1.165) is 0 Å². The van der Waals surface area contributed by atoms with Gasteiger partial charge in [0.15, 0.2) is 0 Å². The van der Waals surface area contributed by atoms with Gasteiger partial charge in [-0.3, -0.25) is 0 Å². The Hall–Kier alpha value is -3.35. The van der Waals surface area contributed by atoms with Crippen LogP contribution in [0.15, 0.2) is 48.5 Å². The first-order chi connectivity index (χ1) is 14.6. The number of urea groups is 1. The Kier molecular flexibility index (Phi) is 9.92. The van der Waals surface area contributed by atoms with E-state index in [1.54, 1.807) is 48.5 Å². The third kappa shape index (κ3) is 8.34. The first-order valence-corrected chi connectivity index (χ1v) is 9.46. The van der Waals surface area contributed by atoms with E-state index >= 15 is 0 Å². The van der Waals surface area contributed by atoms with Gasteiger partial charge in [0, 0.05) is 25.3 Å². The highest BCUT2D eigenvalue weighted by atomic mass is 19.1. The summed E-state index contributed by atoms with van der Waals surface area (Å²) in [6, 6.07) is 15.1. The quantitative estimate of drug-likeness (QED) is 0.394. The predicted molar refractivity (Wildman–Crippen MR) is 110 cm³/mol. The van der Waals surface area contributed by atoms with Gasteiger partial charge in [0.1, 0.15) is 43.6 Å². The molecule has 0 fully saturated rings. The van der Waals surface area contributed by atoms with Crippen LogP contribution in [0.25, 0.3) is 0 Å². The summed E-state index contributed by atoms with van der Waals surface area (Å²) in [4.78, 5) is 11.9. The minimum Gasteiger partial charge on any atom is -0.491 e. The highest BCUT2D eigenvalue weighted by molar-refractivity contribution is 5.89. The number of alkyl halides is 1. The lowest BCUT2D eigenvalue weighted by atomic mass is 10.2. The first-order valence-electron chi connectivity index (χ1n) is 9.46. The fourth-order valence-corrected chi connectivity index (χ4v) is 2.43. The van der Waals surface area contributed by atoms with E-state index in [1.165, 1.54) is 0 Å². The van der Waals surface area contributed by atoms with Crippen LogP contribution in [-0.2, 0) is 0 Å². The molecule has 0 aliphatic carbocycles. The van der Waals surface area contributed by atoms with Crippen molar-refractivity contribution in [1.82, 2.24) is 10.6 Å². The average Bonchev–Trinajstić information content (AvgIpc) is 2.77. The van der Waals surface area contributed by atoms with Gasteiger partial charge in [-0.2, -0.15) is 5.26 Å². The monoisotopic (exact) mass is 416 g/mol. The molecule has 0 aromatic heterocycles. The van der Waals surface area contributed by atoms with Crippen LogP contribution in [0.5, 0.6) is 11.5 Å². The molecule has 2 aromatic carbocycles. The fraction of sp³-hybridized carbons (Fsp3) is 0.333. The zero-order valence-electron chi connectivity index (χ0n) is 16.4. The molecule has 9 heteroatoms. The number of nitrogens with zero attached hydrogens (tertiary/aromatic N) is 1.